The molecule has 2 amide bonds. The van der Waals surface area contributed by atoms with Gasteiger partial charge in [0.25, 0.3) is 11.8 Å². The summed E-state index contributed by atoms with van der Waals surface area (Å²) < 4.78 is 13.0. The van der Waals surface area contributed by atoms with Gasteiger partial charge in [-0.15, -0.1) is 0 Å². The molecule has 0 aliphatic carbocycles. The van der Waals surface area contributed by atoms with Gasteiger partial charge in [0, 0.05) is 23.6 Å². The number of aromatic nitrogens is 1. The molecule has 2 aromatic carbocycles. The highest BCUT2D eigenvalue weighted by Gasteiger charge is 2.15. The van der Waals surface area contributed by atoms with Crippen molar-refractivity contribution < 1.29 is 14.0 Å². The van der Waals surface area contributed by atoms with Crippen LogP contribution in [-0.4, -0.2) is 16.8 Å². The van der Waals surface area contributed by atoms with E-state index in [1.807, 2.05) is 0 Å². The minimum atomic E-state index is -0.525. The zero-order valence-corrected chi connectivity index (χ0v) is 14.2. The van der Waals surface area contributed by atoms with Crippen LogP contribution in [0.4, 0.5) is 10.1 Å². The molecule has 0 saturated carbocycles. The maximum atomic E-state index is 13.0. The summed E-state index contributed by atoms with van der Waals surface area (Å²) in [5.41, 5.74) is 1.59. The van der Waals surface area contributed by atoms with E-state index in [1.54, 1.807) is 60.9 Å². The zero-order valence-electron chi connectivity index (χ0n) is 14.2. The van der Waals surface area contributed by atoms with E-state index in [1.165, 1.54) is 24.3 Å². The van der Waals surface area contributed by atoms with Gasteiger partial charge in [-0.05, 0) is 60.2 Å². The molecule has 0 aliphatic rings. The second-order valence-electron chi connectivity index (χ2n) is 5.62. The van der Waals surface area contributed by atoms with E-state index < -0.39 is 17.6 Å². The number of nitrogens with one attached hydrogen (secondary N) is 2. The summed E-state index contributed by atoms with van der Waals surface area (Å²) in [4.78, 5) is 29.0. The number of halogens is 1. The number of hydrogen-bond acceptors (Lipinski definition) is 3. The van der Waals surface area contributed by atoms with Crippen LogP contribution in [0.1, 0.15) is 15.9 Å². The summed E-state index contributed by atoms with van der Waals surface area (Å²) >= 11 is 0. The first-order chi connectivity index (χ1) is 13.1. The summed E-state index contributed by atoms with van der Waals surface area (Å²) in [6.45, 7) is 0. The molecule has 5 nitrogen and oxygen atoms in total. The fourth-order valence-electron chi connectivity index (χ4n) is 2.30. The summed E-state index contributed by atoms with van der Waals surface area (Å²) in [7, 11) is 0. The predicted molar refractivity (Wildman–Crippen MR) is 101 cm³/mol. The topological polar surface area (TPSA) is 71.1 Å². The van der Waals surface area contributed by atoms with Crippen molar-refractivity contribution in [3.63, 3.8) is 0 Å². The van der Waals surface area contributed by atoms with E-state index in [9.17, 15) is 14.0 Å². The number of anilines is 1. The maximum Gasteiger partial charge on any atom is 0.272 e. The molecule has 0 saturated heterocycles. The lowest BCUT2D eigenvalue weighted by Gasteiger charge is -2.11. The Kier molecular flexibility index (Phi) is 5.69. The Labute approximate surface area is 155 Å². The minimum absolute atomic E-state index is 0.0550. The van der Waals surface area contributed by atoms with Crippen molar-refractivity contribution in [1.29, 1.82) is 0 Å². The number of rotatable bonds is 5. The molecule has 0 fully saturated rings. The number of hydrogen-bond donors (Lipinski definition) is 2. The third-order valence-corrected chi connectivity index (χ3v) is 3.65. The standard InChI is InChI=1S/C21H16FN3O2/c22-17-6-8-18(9-7-17)24-21(27)19(14-15-10-12-23-13-11-15)25-20(26)16-4-2-1-3-5-16/h1-14H,(H,24,27)(H,25,26)/b19-14+. The minimum Gasteiger partial charge on any atom is -0.321 e. The number of carbonyl (C=O) groups is 2. The fourth-order valence-corrected chi connectivity index (χ4v) is 2.30. The van der Waals surface area contributed by atoms with Gasteiger partial charge in [0.05, 0.1) is 0 Å². The third-order valence-electron chi connectivity index (χ3n) is 3.65. The molecule has 0 atom stereocenters. The molecule has 0 spiro atoms. The van der Waals surface area contributed by atoms with Crippen molar-refractivity contribution in [3.05, 3.63) is 102 Å². The predicted octanol–water partition coefficient (Wildman–Crippen LogP) is 3.63. The quantitative estimate of drug-likeness (QED) is 0.682. The lowest BCUT2D eigenvalue weighted by Crippen LogP contribution is -2.30. The molecule has 1 aromatic heterocycles. The molecular formula is C21H16FN3O2. The van der Waals surface area contributed by atoms with E-state index in [0.717, 1.165) is 0 Å². The Morgan fingerprint density at radius 3 is 2.22 bits per heavy atom. The van der Waals surface area contributed by atoms with Crippen LogP contribution >= 0.6 is 0 Å². The van der Waals surface area contributed by atoms with E-state index in [4.69, 9.17) is 0 Å². The van der Waals surface area contributed by atoms with Gasteiger partial charge in [0.15, 0.2) is 0 Å². The van der Waals surface area contributed by atoms with Gasteiger partial charge in [-0.2, -0.15) is 0 Å². The lowest BCUT2D eigenvalue weighted by molar-refractivity contribution is -0.113. The third kappa shape index (κ3) is 5.09. The molecular weight excluding hydrogens is 345 g/mol. The number of carbonyl (C=O) groups excluding carboxylic acids is 2. The fraction of sp³-hybridized carbons (Fsp3) is 0. The van der Waals surface area contributed by atoms with E-state index in [0.29, 0.717) is 16.8 Å². The SMILES string of the molecule is O=C(Nc1ccc(F)cc1)/C(=C\c1ccncc1)NC(=O)c1ccccc1. The Hall–Kier alpha value is -3.80. The highest BCUT2D eigenvalue weighted by Crippen LogP contribution is 2.12. The molecule has 134 valence electrons. The average Bonchev–Trinajstić information content (AvgIpc) is 2.70. The molecule has 0 aliphatic heterocycles. The Morgan fingerprint density at radius 1 is 0.889 bits per heavy atom. The van der Waals surface area contributed by atoms with Crippen LogP contribution in [0.3, 0.4) is 0 Å². The van der Waals surface area contributed by atoms with Crippen molar-refractivity contribution >= 4 is 23.6 Å². The Morgan fingerprint density at radius 2 is 1.56 bits per heavy atom. The highest BCUT2D eigenvalue weighted by atomic mass is 19.1. The van der Waals surface area contributed by atoms with Crippen molar-refractivity contribution in [2.24, 2.45) is 0 Å². The number of nitrogens with zero attached hydrogens (tertiary/aromatic N) is 1. The molecule has 27 heavy (non-hydrogen) atoms. The highest BCUT2D eigenvalue weighted by molar-refractivity contribution is 6.10. The summed E-state index contributed by atoms with van der Waals surface area (Å²) in [6, 6.07) is 17.3. The van der Waals surface area contributed by atoms with E-state index >= 15 is 0 Å². The van der Waals surface area contributed by atoms with Crippen molar-refractivity contribution in [3.8, 4) is 0 Å². The van der Waals surface area contributed by atoms with Crippen LogP contribution < -0.4 is 10.6 Å². The van der Waals surface area contributed by atoms with Crippen LogP contribution in [0.15, 0.2) is 84.8 Å². The lowest BCUT2D eigenvalue weighted by atomic mass is 10.2. The van der Waals surface area contributed by atoms with Gasteiger partial charge in [-0.25, -0.2) is 4.39 Å². The van der Waals surface area contributed by atoms with Gasteiger partial charge in [-0.3, -0.25) is 14.6 Å². The monoisotopic (exact) mass is 361 g/mol. The van der Waals surface area contributed by atoms with Crippen molar-refractivity contribution in [2.45, 2.75) is 0 Å². The smallest absolute Gasteiger partial charge is 0.272 e. The summed E-state index contributed by atoms with van der Waals surface area (Å²) in [5, 5.41) is 5.27. The zero-order chi connectivity index (χ0) is 19.1. The van der Waals surface area contributed by atoms with Gasteiger partial charge in [-0.1, -0.05) is 18.2 Å². The van der Waals surface area contributed by atoms with Crippen LogP contribution in [0.2, 0.25) is 0 Å². The summed E-state index contributed by atoms with van der Waals surface area (Å²) in [6.07, 6.45) is 4.71. The first kappa shape index (κ1) is 18.0. The van der Waals surface area contributed by atoms with Crippen LogP contribution in [-0.2, 0) is 4.79 Å². The summed E-state index contributed by atoms with van der Waals surface area (Å²) in [5.74, 6) is -1.34. The molecule has 0 unspecified atom stereocenters. The molecule has 6 heteroatoms. The molecule has 3 rings (SSSR count). The molecule has 0 bridgehead atoms. The number of amides is 2. The van der Waals surface area contributed by atoms with Crippen LogP contribution in [0.25, 0.3) is 6.08 Å². The Balaban J connectivity index is 1.85. The maximum absolute atomic E-state index is 13.0. The number of pyridine rings is 1. The Bertz CT molecular complexity index is 956. The van der Waals surface area contributed by atoms with Crippen LogP contribution in [0, 0.1) is 5.82 Å². The van der Waals surface area contributed by atoms with Gasteiger partial charge in [0.2, 0.25) is 0 Å². The molecule has 2 N–H and O–H groups in total. The van der Waals surface area contributed by atoms with E-state index in [-0.39, 0.29) is 5.70 Å². The molecule has 1 heterocycles. The first-order valence-corrected chi connectivity index (χ1v) is 8.17. The largest absolute Gasteiger partial charge is 0.321 e. The number of benzene rings is 2. The molecule has 3 aromatic rings. The van der Waals surface area contributed by atoms with Gasteiger partial charge in [0.1, 0.15) is 11.5 Å². The van der Waals surface area contributed by atoms with Gasteiger partial charge < -0.3 is 10.6 Å². The second kappa shape index (κ2) is 8.53. The van der Waals surface area contributed by atoms with Crippen molar-refractivity contribution in [1.82, 2.24) is 10.3 Å². The molecule has 0 radical (unpaired) electrons. The van der Waals surface area contributed by atoms with E-state index in [2.05, 4.69) is 15.6 Å². The van der Waals surface area contributed by atoms with Crippen molar-refractivity contribution in [2.75, 3.05) is 5.32 Å². The van der Waals surface area contributed by atoms with Crippen LogP contribution in [0.5, 0.6) is 0 Å². The second-order valence-corrected chi connectivity index (χ2v) is 5.62. The first-order valence-electron chi connectivity index (χ1n) is 8.17. The normalized spacial score (nSPS) is 10.9. The average molecular weight is 361 g/mol. The van der Waals surface area contributed by atoms with Gasteiger partial charge >= 0.3 is 0 Å².